The largest absolute Gasteiger partial charge is 0.388 e. The van der Waals surface area contributed by atoms with E-state index in [1.165, 1.54) is 6.07 Å². The van der Waals surface area contributed by atoms with Crippen LogP contribution in [0.1, 0.15) is 29.7 Å². The topological polar surface area (TPSA) is 20.2 Å². The average Bonchev–Trinajstić information content (AvgIpc) is 2.43. The molecule has 2 aromatic carbocycles. The first kappa shape index (κ1) is 14.0. The summed E-state index contributed by atoms with van der Waals surface area (Å²) in [4.78, 5) is 0. The normalized spacial score (nSPS) is 12.4. The third kappa shape index (κ3) is 3.34. The highest BCUT2D eigenvalue weighted by Crippen LogP contribution is 2.26. The fourth-order valence-corrected chi connectivity index (χ4v) is 2.30. The Morgan fingerprint density at radius 1 is 1.21 bits per heavy atom. The van der Waals surface area contributed by atoms with Gasteiger partial charge in [0.25, 0.3) is 0 Å². The van der Waals surface area contributed by atoms with E-state index in [4.69, 9.17) is 11.6 Å². The zero-order valence-electron chi connectivity index (χ0n) is 10.7. The van der Waals surface area contributed by atoms with Crippen LogP contribution in [-0.2, 0) is 12.8 Å². The highest BCUT2D eigenvalue weighted by molar-refractivity contribution is 6.31. The fraction of sp³-hybridized carbons (Fsp3) is 0.250. The van der Waals surface area contributed by atoms with Crippen LogP contribution in [-0.4, -0.2) is 5.11 Å². The van der Waals surface area contributed by atoms with Crippen molar-refractivity contribution in [2.75, 3.05) is 0 Å². The van der Waals surface area contributed by atoms with Crippen LogP contribution in [0.3, 0.4) is 0 Å². The lowest BCUT2D eigenvalue weighted by Gasteiger charge is -2.13. The maximum atomic E-state index is 13.7. The lowest BCUT2D eigenvalue weighted by Crippen LogP contribution is -2.04. The zero-order chi connectivity index (χ0) is 13.8. The van der Waals surface area contributed by atoms with Gasteiger partial charge in [-0.25, -0.2) is 4.39 Å². The maximum absolute atomic E-state index is 13.7. The minimum Gasteiger partial charge on any atom is -0.388 e. The first-order chi connectivity index (χ1) is 9.11. The van der Waals surface area contributed by atoms with Gasteiger partial charge in [0, 0.05) is 17.0 Å². The lowest BCUT2D eigenvalue weighted by molar-refractivity contribution is 0.177. The molecule has 0 aliphatic rings. The molecule has 0 aromatic heterocycles. The molecule has 0 saturated heterocycles. The molecule has 1 unspecified atom stereocenters. The van der Waals surface area contributed by atoms with Crippen LogP contribution >= 0.6 is 11.6 Å². The fourth-order valence-electron chi connectivity index (χ4n) is 2.06. The van der Waals surface area contributed by atoms with Crippen LogP contribution < -0.4 is 0 Å². The van der Waals surface area contributed by atoms with Crippen LogP contribution in [0.4, 0.5) is 4.39 Å². The van der Waals surface area contributed by atoms with Crippen molar-refractivity contribution in [2.24, 2.45) is 0 Å². The molecule has 1 atom stereocenters. The number of hydrogen-bond acceptors (Lipinski definition) is 1. The molecular formula is C16H16ClFO. The van der Waals surface area contributed by atoms with Crippen molar-refractivity contribution in [3.8, 4) is 0 Å². The Kier molecular flexibility index (Phi) is 4.56. The van der Waals surface area contributed by atoms with Crippen LogP contribution in [0.15, 0.2) is 42.5 Å². The second-order valence-corrected chi connectivity index (χ2v) is 4.93. The zero-order valence-corrected chi connectivity index (χ0v) is 11.5. The third-order valence-electron chi connectivity index (χ3n) is 3.20. The summed E-state index contributed by atoms with van der Waals surface area (Å²) in [6, 6.07) is 12.3. The summed E-state index contributed by atoms with van der Waals surface area (Å²) in [5.41, 5.74) is 2.30. The summed E-state index contributed by atoms with van der Waals surface area (Å²) in [7, 11) is 0. The van der Waals surface area contributed by atoms with Gasteiger partial charge >= 0.3 is 0 Å². The summed E-state index contributed by atoms with van der Waals surface area (Å²) >= 11 is 5.97. The Balaban J connectivity index is 2.23. The van der Waals surface area contributed by atoms with E-state index in [9.17, 15) is 9.50 Å². The van der Waals surface area contributed by atoms with Gasteiger partial charge in [0.15, 0.2) is 0 Å². The highest BCUT2D eigenvalue weighted by atomic mass is 35.5. The van der Waals surface area contributed by atoms with Crippen LogP contribution in [0, 0.1) is 5.82 Å². The van der Waals surface area contributed by atoms with E-state index in [1.54, 1.807) is 12.1 Å². The summed E-state index contributed by atoms with van der Waals surface area (Å²) in [5.74, 6) is -0.377. The minimum absolute atomic E-state index is 0.179. The van der Waals surface area contributed by atoms with Crippen molar-refractivity contribution in [1.29, 1.82) is 0 Å². The molecule has 100 valence electrons. The number of hydrogen-bond donors (Lipinski definition) is 1. The van der Waals surface area contributed by atoms with Crippen LogP contribution in [0.2, 0.25) is 5.02 Å². The van der Waals surface area contributed by atoms with E-state index in [1.807, 2.05) is 24.3 Å². The third-order valence-corrected chi connectivity index (χ3v) is 3.56. The van der Waals surface area contributed by atoms with Gasteiger partial charge in [-0.1, -0.05) is 48.9 Å². The number of halogens is 2. The molecule has 0 fully saturated rings. The molecule has 2 aromatic rings. The van der Waals surface area contributed by atoms with E-state index in [0.717, 1.165) is 17.5 Å². The lowest BCUT2D eigenvalue weighted by atomic mass is 9.99. The smallest absolute Gasteiger partial charge is 0.127 e. The number of aryl methyl sites for hydroxylation is 1. The standard InChI is InChI=1S/C16H16ClFO/c1-2-11-5-3-6-12(9-11)16(19)10-13-14(17)7-4-8-15(13)18/h3-9,16,19H,2,10H2,1H3. The molecule has 0 bridgehead atoms. The average molecular weight is 279 g/mol. The minimum atomic E-state index is -0.749. The van der Waals surface area contributed by atoms with Gasteiger partial charge < -0.3 is 5.11 Å². The number of benzene rings is 2. The van der Waals surface area contributed by atoms with Gasteiger partial charge in [0.1, 0.15) is 5.82 Å². The van der Waals surface area contributed by atoms with E-state index in [2.05, 4.69) is 6.92 Å². The predicted molar refractivity (Wildman–Crippen MR) is 75.9 cm³/mol. The first-order valence-corrected chi connectivity index (χ1v) is 6.69. The highest BCUT2D eigenvalue weighted by Gasteiger charge is 2.14. The summed E-state index contributed by atoms with van der Waals surface area (Å²) < 4.78 is 13.7. The molecule has 0 heterocycles. The van der Waals surface area contributed by atoms with E-state index in [0.29, 0.717) is 10.6 Å². The van der Waals surface area contributed by atoms with Crippen molar-refractivity contribution in [2.45, 2.75) is 25.9 Å². The van der Waals surface area contributed by atoms with Gasteiger partial charge in [-0.05, 0) is 29.7 Å². The Morgan fingerprint density at radius 3 is 2.63 bits per heavy atom. The molecular weight excluding hydrogens is 263 g/mol. The molecule has 1 nitrogen and oxygen atoms in total. The molecule has 0 spiro atoms. The van der Waals surface area contributed by atoms with Crippen molar-refractivity contribution < 1.29 is 9.50 Å². The molecule has 0 amide bonds. The Bertz CT molecular complexity index is 548. The predicted octanol–water partition coefficient (Wildman–Crippen LogP) is 4.32. The van der Waals surface area contributed by atoms with Crippen molar-refractivity contribution in [1.82, 2.24) is 0 Å². The number of aliphatic hydroxyl groups excluding tert-OH is 1. The van der Waals surface area contributed by atoms with Gasteiger partial charge in [-0.2, -0.15) is 0 Å². The Labute approximate surface area is 117 Å². The molecule has 0 radical (unpaired) electrons. The van der Waals surface area contributed by atoms with Crippen molar-refractivity contribution in [3.63, 3.8) is 0 Å². The molecule has 19 heavy (non-hydrogen) atoms. The second-order valence-electron chi connectivity index (χ2n) is 4.52. The quantitative estimate of drug-likeness (QED) is 0.883. The van der Waals surface area contributed by atoms with Gasteiger partial charge in [-0.3, -0.25) is 0 Å². The molecule has 1 N–H and O–H groups in total. The van der Waals surface area contributed by atoms with Gasteiger partial charge in [-0.15, -0.1) is 0 Å². The molecule has 3 heteroatoms. The maximum Gasteiger partial charge on any atom is 0.127 e. The van der Waals surface area contributed by atoms with Crippen LogP contribution in [0.25, 0.3) is 0 Å². The molecule has 0 saturated carbocycles. The van der Waals surface area contributed by atoms with E-state index in [-0.39, 0.29) is 12.2 Å². The Hall–Kier alpha value is -1.38. The van der Waals surface area contributed by atoms with E-state index < -0.39 is 6.10 Å². The second kappa shape index (κ2) is 6.18. The molecule has 0 aliphatic heterocycles. The van der Waals surface area contributed by atoms with Crippen molar-refractivity contribution in [3.05, 3.63) is 70.0 Å². The first-order valence-electron chi connectivity index (χ1n) is 6.31. The summed E-state index contributed by atoms with van der Waals surface area (Å²) in [6.45, 7) is 2.05. The van der Waals surface area contributed by atoms with Gasteiger partial charge in [0.2, 0.25) is 0 Å². The number of aliphatic hydroxyl groups is 1. The number of rotatable bonds is 4. The monoisotopic (exact) mass is 278 g/mol. The van der Waals surface area contributed by atoms with Gasteiger partial charge in [0.05, 0.1) is 6.10 Å². The SMILES string of the molecule is CCc1cccc(C(O)Cc2c(F)cccc2Cl)c1. The summed E-state index contributed by atoms with van der Waals surface area (Å²) in [6.07, 6.45) is 0.334. The van der Waals surface area contributed by atoms with E-state index >= 15 is 0 Å². The van der Waals surface area contributed by atoms with Crippen molar-refractivity contribution >= 4 is 11.6 Å². The van der Waals surface area contributed by atoms with Crippen LogP contribution in [0.5, 0.6) is 0 Å². The Morgan fingerprint density at radius 2 is 1.95 bits per heavy atom. The molecule has 2 rings (SSSR count). The molecule has 0 aliphatic carbocycles. The summed E-state index contributed by atoms with van der Waals surface area (Å²) in [5, 5.41) is 10.6.